The van der Waals surface area contributed by atoms with Crippen molar-refractivity contribution >= 4 is 5.97 Å². The molecule has 9 heteroatoms. The molecule has 0 amide bonds. The Kier molecular flexibility index (Phi) is 3.26. The number of halogens is 5. The summed E-state index contributed by atoms with van der Waals surface area (Å²) in [4.78, 5) is 10.0. The van der Waals surface area contributed by atoms with Gasteiger partial charge in [-0.05, 0) is 0 Å². The van der Waals surface area contributed by atoms with Crippen molar-refractivity contribution in [1.82, 2.24) is 0 Å². The molecule has 0 aliphatic rings. The summed E-state index contributed by atoms with van der Waals surface area (Å²) in [5, 5.41) is 24.3. The van der Waals surface area contributed by atoms with Crippen LogP contribution >= 0.6 is 0 Å². The monoisotopic (exact) mass is 231 g/mol. The first-order valence-corrected chi connectivity index (χ1v) is 3.07. The quantitative estimate of drug-likeness (QED) is 0.327. The number of carboxylic acid groups (broad SMARTS) is 1. The maximum absolute atomic E-state index is 12.3. The van der Waals surface area contributed by atoms with E-state index in [-0.39, 0.29) is 0 Å². The van der Waals surface area contributed by atoms with Gasteiger partial charge in [-0.2, -0.15) is 27.2 Å². The number of hydrogen-bond acceptors (Lipinski definition) is 3. The Labute approximate surface area is 78.8 Å². The van der Waals surface area contributed by atoms with Gasteiger partial charge < -0.3 is 10.2 Å². The van der Waals surface area contributed by atoms with Crippen molar-refractivity contribution in [1.29, 1.82) is 5.26 Å². The van der Waals surface area contributed by atoms with Crippen molar-refractivity contribution in [3.05, 3.63) is 11.3 Å². The van der Waals surface area contributed by atoms with E-state index >= 15 is 0 Å². The van der Waals surface area contributed by atoms with Crippen LogP contribution in [0.4, 0.5) is 22.0 Å². The average Bonchev–Trinajstić information content (AvgIpc) is 2.02. The molecule has 0 aromatic heterocycles. The molecule has 0 aromatic carbocycles. The lowest BCUT2D eigenvalue weighted by Crippen LogP contribution is -2.39. The Morgan fingerprint density at radius 3 is 1.73 bits per heavy atom. The van der Waals surface area contributed by atoms with Crippen molar-refractivity contribution in [2.45, 2.75) is 12.1 Å². The van der Waals surface area contributed by atoms with Crippen molar-refractivity contribution in [2.24, 2.45) is 0 Å². The van der Waals surface area contributed by atoms with Gasteiger partial charge in [-0.25, -0.2) is 4.79 Å². The molecule has 0 unspecified atom stereocenters. The molecule has 0 radical (unpaired) electrons. The molecule has 0 bridgehead atoms. The SMILES string of the molecule is N#CC(C(=O)O)=C(O)C(F)(F)C(F)(F)F. The summed E-state index contributed by atoms with van der Waals surface area (Å²) in [6.45, 7) is 0. The number of rotatable bonds is 2. The number of aliphatic carboxylic acids is 1. The summed E-state index contributed by atoms with van der Waals surface area (Å²) < 4.78 is 59.3. The zero-order chi connectivity index (χ0) is 12.4. The highest BCUT2D eigenvalue weighted by molar-refractivity contribution is 5.91. The van der Waals surface area contributed by atoms with Crippen LogP contribution in [-0.2, 0) is 4.79 Å². The predicted molar refractivity (Wildman–Crippen MR) is 33.9 cm³/mol. The van der Waals surface area contributed by atoms with Crippen LogP contribution in [0.3, 0.4) is 0 Å². The van der Waals surface area contributed by atoms with Crippen LogP contribution in [-0.4, -0.2) is 28.3 Å². The first-order valence-electron chi connectivity index (χ1n) is 3.07. The molecule has 0 fully saturated rings. The molecule has 0 heterocycles. The first-order chi connectivity index (χ1) is 6.55. The highest BCUT2D eigenvalue weighted by Crippen LogP contribution is 2.40. The predicted octanol–water partition coefficient (Wildman–Crippen LogP) is 1.60. The van der Waals surface area contributed by atoms with Gasteiger partial charge in [0.25, 0.3) is 0 Å². The van der Waals surface area contributed by atoms with E-state index < -0.39 is 29.4 Å². The third kappa shape index (κ3) is 2.34. The Bertz CT molecular complexity index is 351. The molecule has 0 atom stereocenters. The number of nitriles is 1. The zero-order valence-corrected chi connectivity index (χ0v) is 6.64. The highest BCUT2D eigenvalue weighted by Gasteiger charge is 2.62. The molecule has 84 valence electrons. The molecule has 0 aromatic rings. The number of aliphatic hydroxyl groups excluding tert-OH is 1. The minimum absolute atomic E-state index is 0.530. The van der Waals surface area contributed by atoms with Gasteiger partial charge in [-0.1, -0.05) is 0 Å². The minimum atomic E-state index is -6.17. The molecule has 15 heavy (non-hydrogen) atoms. The maximum atomic E-state index is 12.3. The second kappa shape index (κ2) is 3.72. The zero-order valence-electron chi connectivity index (χ0n) is 6.64. The normalized spacial score (nSPS) is 14.1. The number of allylic oxidation sites excluding steroid dienone is 1. The van der Waals surface area contributed by atoms with Crippen molar-refractivity contribution in [3.8, 4) is 6.07 Å². The number of hydrogen-bond donors (Lipinski definition) is 2. The number of carbonyl (C=O) groups is 1. The summed E-state index contributed by atoms with van der Waals surface area (Å²) in [6, 6.07) is 0.530. The van der Waals surface area contributed by atoms with E-state index in [0.29, 0.717) is 6.07 Å². The second-order valence-corrected chi connectivity index (χ2v) is 2.21. The van der Waals surface area contributed by atoms with Crippen LogP contribution in [0, 0.1) is 11.3 Å². The molecule has 0 rings (SSSR count). The van der Waals surface area contributed by atoms with E-state index in [1.165, 1.54) is 0 Å². The van der Waals surface area contributed by atoms with Crippen LogP contribution in [0.5, 0.6) is 0 Å². The van der Waals surface area contributed by atoms with Crippen molar-refractivity contribution in [2.75, 3.05) is 0 Å². The summed E-state index contributed by atoms with van der Waals surface area (Å²) in [7, 11) is 0. The number of nitrogens with zero attached hydrogens (tertiary/aromatic N) is 1. The summed E-state index contributed by atoms with van der Waals surface area (Å²) in [6.07, 6.45) is -6.17. The Hall–Kier alpha value is -1.85. The van der Waals surface area contributed by atoms with Crippen LogP contribution in [0.15, 0.2) is 11.3 Å². The Balaban J connectivity index is 5.61. The topological polar surface area (TPSA) is 81.3 Å². The molecular formula is C6H2F5NO3. The maximum Gasteiger partial charge on any atom is 0.461 e. The number of aliphatic hydroxyl groups is 1. The van der Waals surface area contributed by atoms with E-state index in [2.05, 4.69) is 0 Å². The van der Waals surface area contributed by atoms with Crippen LogP contribution in [0.25, 0.3) is 0 Å². The van der Waals surface area contributed by atoms with Gasteiger partial charge in [0.2, 0.25) is 0 Å². The van der Waals surface area contributed by atoms with Crippen molar-refractivity contribution < 1.29 is 37.0 Å². The van der Waals surface area contributed by atoms with E-state index in [4.69, 9.17) is 15.5 Å². The standard InChI is InChI=1S/C6H2F5NO3/c7-5(8,6(9,10)11)3(13)2(1-12)4(14)15/h13H,(H,14,15). The first kappa shape index (κ1) is 13.2. The van der Waals surface area contributed by atoms with Crippen molar-refractivity contribution in [3.63, 3.8) is 0 Å². The second-order valence-electron chi connectivity index (χ2n) is 2.21. The molecular weight excluding hydrogens is 229 g/mol. The summed E-state index contributed by atoms with van der Waals surface area (Å²) >= 11 is 0. The van der Waals surface area contributed by atoms with E-state index in [0.717, 1.165) is 0 Å². The fourth-order valence-corrected chi connectivity index (χ4v) is 0.493. The minimum Gasteiger partial charge on any atom is -0.505 e. The lowest BCUT2D eigenvalue weighted by atomic mass is 10.1. The average molecular weight is 231 g/mol. The largest absolute Gasteiger partial charge is 0.505 e. The van der Waals surface area contributed by atoms with Gasteiger partial charge >= 0.3 is 18.1 Å². The van der Waals surface area contributed by atoms with Gasteiger partial charge in [0, 0.05) is 0 Å². The third-order valence-electron chi connectivity index (χ3n) is 1.22. The smallest absolute Gasteiger partial charge is 0.461 e. The molecule has 4 nitrogen and oxygen atoms in total. The van der Waals surface area contributed by atoms with Gasteiger partial charge in [0.05, 0.1) is 0 Å². The molecule has 0 aliphatic carbocycles. The van der Waals surface area contributed by atoms with Gasteiger partial charge in [0.1, 0.15) is 6.07 Å². The Morgan fingerprint density at radius 1 is 1.13 bits per heavy atom. The fraction of sp³-hybridized carbons (Fsp3) is 0.333. The van der Waals surface area contributed by atoms with Crippen LogP contribution in [0.1, 0.15) is 0 Å². The molecule has 0 spiro atoms. The summed E-state index contributed by atoms with van der Waals surface area (Å²) in [5.41, 5.74) is -2.06. The Morgan fingerprint density at radius 2 is 1.53 bits per heavy atom. The van der Waals surface area contributed by atoms with E-state index in [1.807, 2.05) is 0 Å². The molecule has 0 aliphatic heterocycles. The van der Waals surface area contributed by atoms with Crippen LogP contribution in [0.2, 0.25) is 0 Å². The van der Waals surface area contributed by atoms with Crippen LogP contribution < -0.4 is 0 Å². The fourth-order valence-electron chi connectivity index (χ4n) is 0.493. The molecule has 2 N–H and O–H groups in total. The molecule has 0 saturated carbocycles. The van der Waals surface area contributed by atoms with E-state index in [9.17, 15) is 26.7 Å². The summed E-state index contributed by atoms with van der Waals surface area (Å²) in [5.74, 6) is -11.0. The lowest BCUT2D eigenvalue weighted by molar-refractivity contribution is -0.274. The third-order valence-corrected chi connectivity index (χ3v) is 1.22. The number of carboxylic acids is 1. The number of alkyl halides is 5. The van der Waals surface area contributed by atoms with Gasteiger partial charge in [-0.15, -0.1) is 0 Å². The highest BCUT2D eigenvalue weighted by atomic mass is 19.4. The lowest BCUT2D eigenvalue weighted by Gasteiger charge is -2.18. The van der Waals surface area contributed by atoms with E-state index in [1.54, 1.807) is 0 Å². The molecule has 0 saturated heterocycles. The van der Waals surface area contributed by atoms with Gasteiger partial charge in [0.15, 0.2) is 11.3 Å². The van der Waals surface area contributed by atoms with Gasteiger partial charge in [-0.3, -0.25) is 0 Å².